The zero-order chi connectivity index (χ0) is 10.7. The molecule has 0 heterocycles. The third-order valence-corrected chi connectivity index (χ3v) is 2.28. The molecule has 0 atom stereocenters. The van der Waals surface area contributed by atoms with Crippen LogP contribution in [0.1, 0.15) is 10.4 Å². The first kappa shape index (κ1) is 10.2. The van der Waals surface area contributed by atoms with Gasteiger partial charge in [-0.25, -0.2) is 0 Å². The maximum atomic E-state index is 11.9. The van der Waals surface area contributed by atoms with Gasteiger partial charge in [0, 0.05) is 5.56 Å². The van der Waals surface area contributed by atoms with Gasteiger partial charge in [0.2, 0.25) is 0 Å². The van der Waals surface area contributed by atoms with Gasteiger partial charge in [0.05, 0.1) is 13.0 Å². The van der Waals surface area contributed by atoms with E-state index in [0.717, 1.165) is 11.7 Å². The molecular weight excluding hydrogens is 188 g/mol. The van der Waals surface area contributed by atoms with Crippen molar-refractivity contribution in [1.29, 1.82) is 0 Å². The van der Waals surface area contributed by atoms with E-state index in [0.29, 0.717) is 5.56 Å². The fourth-order valence-corrected chi connectivity index (χ4v) is 1.43. The van der Waals surface area contributed by atoms with Gasteiger partial charge >= 0.3 is 0 Å². The maximum Gasteiger partial charge on any atom is 0.170 e. The predicted molar refractivity (Wildman–Crippen MR) is 57.8 cm³/mol. The zero-order valence-corrected chi connectivity index (χ0v) is 8.44. The Morgan fingerprint density at radius 2 is 1.67 bits per heavy atom. The van der Waals surface area contributed by atoms with Gasteiger partial charge in [0.15, 0.2) is 5.78 Å². The Morgan fingerprint density at radius 3 is 2.20 bits per heavy atom. The predicted octanol–water partition coefficient (Wildman–Crippen LogP) is 2.28. The molecule has 75 valence electrons. The smallest absolute Gasteiger partial charge is 0.170 e. The van der Waals surface area contributed by atoms with Crippen LogP contribution >= 0.6 is 0 Å². The Kier molecular flexibility index (Phi) is 3.05. The number of benzene rings is 1. The highest BCUT2D eigenvalue weighted by molar-refractivity contribution is 6.09. The van der Waals surface area contributed by atoms with Gasteiger partial charge in [-0.15, -0.1) is 0 Å². The standard InChI is InChI=1S/C13H11O2/c1-15-12-8-6-11(7-9-12)13(14)10-4-2-3-5-10/h2-9H,1H3. The van der Waals surface area contributed by atoms with E-state index in [4.69, 9.17) is 4.74 Å². The Morgan fingerprint density at radius 1 is 1.07 bits per heavy atom. The topological polar surface area (TPSA) is 26.3 Å². The number of carbonyl (C=O) groups excluding carboxylic acids is 1. The summed E-state index contributed by atoms with van der Waals surface area (Å²) in [6, 6.07) is 7.12. The molecule has 1 aliphatic rings. The molecule has 0 bridgehead atoms. The van der Waals surface area contributed by atoms with Crippen LogP contribution in [-0.4, -0.2) is 12.9 Å². The molecule has 2 rings (SSSR count). The lowest BCUT2D eigenvalue weighted by atomic mass is 9.96. The molecule has 15 heavy (non-hydrogen) atoms. The van der Waals surface area contributed by atoms with Gasteiger partial charge < -0.3 is 4.74 Å². The summed E-state index contributed by atoms with van der Waals surface area (Å²) in [7, 11) is 1.61. The molecule has 0 aliphatic heterocycles. The van der Waals surface area contributed by atoms with Crippen LogP contribution in [0, 0.1) is 31.6 Å². The highest BCUT2D eigenvalue weighted by atomic mass is 16.5. The molecule has 1 aliphatic carbocycles. The zero-order valence-electron chi connectivity index (χ0n) is 8.44. The van der Waals surface area contributed by atoms with E-state index >= 15 is 0 Å². The molecule has 1 aromatic rings. The number of ether oxygens (including phenoxy) is 1. The summed E-state index contributed by atoms with van der Waals surface area (Å²) in [5.41, 5.74) is 0.682. The van der Waals surface area contributed by atoms with Crippen molar-refractivity contribution in [3.05, 3.63) is 61.4 Å². The van der Waals surface area contributed by atoms with Crippen molar-refractivity contribution in [1.82, 2.24) is 0 Å². The van der Waals surface area contributed by atoms with Crippen molar-refractivity contribution < 1.29 is 9.53 Å². The maximum absolute atomic E-state index is 11.9. The molecule has 1 saturated carbocycles. The van der Waals surface area contributed by atoms with Crippen molar-refractivity contribution in [3.8, 4) is 5.75 Å². The summed E-state index contributed by atoms with van der Waals surface area (Å²) in [5.74, 6) is 1.52. The minimum atomic E-state index is 0.0441. The number of methoxy groups -OCH3 is 1. The first-order valence-electron chi connectivity index (χ1n) is 4.72. The monoisotopic (exact) mass is 199 g/mol. The van der Waals surface area contributed by atoms with Gasteiger partial charge in [-0.05, 0) is 49.9 Å². The minimum Gasteiger partial charge on any atom is -0.497 e. The lowest BCUT2D eigenvalue weighted by Crippen LogP contribution is -2.09. The van der Waals surface area contributed by atoms with Crippen LogP contribution in [0.5, 0.6) is 5.75 Å². The van der Waals surface area contributed by atoms with Crippen molar-refractivity contribution in [2.75, 3.05) is 7.11 Å². The number of carbonyl (C=O) groups is 1. The van der Waals surface area contributed by atoms with Crippen LogP contribution in [0.25, 0.3) is 0 Å². The van der Waals surface area contributed by atoms with Crippen LogP contribution in [-0.2, 0) is 0 Å². The quantitative estimate of drug-likeness (QED) is 0.698. The van der Waals surface area contributed by atoms with Crippen LogP contribution in [0.4, 0.5) is 0 Å². The summed E-state index contributed by atoms with van der Waals surface area (Å²) in [5, 5.41) is 0. The number of Topliss-reactive ketones (excluding diaryl/α,β-unsaturated/α-hetero) is 1. The number of rotatable bonds is 3. The number of hydrogen-bond donors (Lipinski definition) is 0. The van der Waals surface area contributed by atoms with E-state index in [1.165, 1.54) is 0 Å². The van der Waals surface area contributed by atoms with E-state index in [1.54, 1.807) is 31.4 Å². The molecule has 2 nitrogen and oxygen atoms in total. The van der Waals surface area contributed by atoms with E-state index < -0.39 is 0 Å². The summed E-state index contributed by atoms with van der Waals surface area (Å²) >= 11 is 0. The van der Waals surface area contributed by atoms with Crippen LogP contribution in [0.15, 0.2) is 24.3 Å². The fourth-order valence-electron chi connectivity index (χ4n) is 1.43. The molecule has 1 fully saturated rings. The third kappa shape index (κ3) is 2.20. The lowest BCUT2D eigenvalue weighted by molar-refractivity contribution is 0.101. The molecule has 0 saturated heterocycles. The minimum absolute atomic E-state index is 0.0441. The van der Waals surface area contributed by atoms with Gasteiger partial charge in [0.25, 0.3) is 0 Å². The molecule has 0 spiro atoms. The highest BCUT2D eigenvalue weighted by Gasteiger charge is 2.25. The number of ketones is 1. The summed E-state index contributed by atoms with van der Waals surface area (Å²) in [4.78, 5) is 11.9. The Labute approximate surface area is 90.3 Å². The van der Waals surface area contributed by atoms with Crippen molar-refractivity contribution in [2.24, 2.45) is 0 Å². The second-order valence-electron chi connectivity index (χ2n) is 3.23. The molecule has 0 unspecified atom stereocenters. The number of hydrogen-bond acceptors (Lipinski definition) is 2. The van der Waals surface area contributed by atoms with E-state index in [2.05, 4.69) is 0 Å². The lowest BCUT2D eigenvalue weighted by Gasteiger charge is -2.07. The Balaban J connectivity index is 2.11. The molecule has 1 aromatic carbocycles. The largest absolute Gasteiger partial charge is 0.497 e. The van der Waals surface area contributed by atoms with E-state index in [1.807, 2.05) is 25.7 Å². The summed E-state index contributed by atoms with van der Waals surface area (Å²) < 4.78 is 5.03. The molecule has 2 heteroatoms. The molecule has 0 N–H and O–H groups in total. The molecule has 0 amide bonds. The average molecular weight is 199 g/mol. The average Bonchev–Trinajstić information content (AvgIpc) is 2.82. The second kappa shape index (κ2) is 4.47. The van der Waals surface area contributed by atoms with E-state index in [9.17, 15) is 4.79 Å². The van der Waals surface area contributed by atoms with Gasteiger partial charge in [-0.1, -0.05) is 0 Å². The van der Waals surface area contributed by atoms with Crippen LogP contribution < -0.4 is 4.74 Å². The third-order valence-electron chi connectivity index (χ3n) is 2.28. The van der Waals surface area contributed by atoms with Gasteiger partial charge in [-0.2, -0.15) is 0 Å². The van der Waals surface area contributed by atoms with Gasteiger partial charge in [-0.3, -0.25) is 4.79 Å². The Bertz CT molecular complexity index is 334. The van der Waals surface area contributed by atoms with Gasteiger partial charge in [0.1, 0.15) is 5.75 Å². The molecule has 0 aromatic heterocycles. The van der Waals surface area contributed by atoms with Crippen molar-refractivity contribution in [2.45, 2.75) is 0 Å². The van der Waals surface area contributed by atoms with Crippen molar-refractivity contribution in [3.63, 3.8) is 0 Å². The first-order chi connectivity index (χ1) is 7.31. The summed E-state index contributed by atoms with van der Waals surface area (Å²) in [6.45, 7) is 0. The first-order valence-corrected chi connectivity index (χ1v) is 4.72. The van der Waals surface area contributed by atoms with Crippen molar-refractivity contribution >= 4 is 5.78 Å². The molecule has 5 radical (unpaired) electrons. The normalized spacial score (nSPS) is 16.6. The van der Waals surface area contributed by atoms with E-state index in [-0.39, 0.29) is 5.78 Å². The SMILES string of the molecule is COc1ccc(C(=O)[C]2[CH][CH][CH][CH]2)cc1. The summed E-state index contributed by atoms with van der Waals surface area (Å²) in [6.07, 6.45) is 7.34. The van der Waals surface area contributed by atoms with Crippen LogP contribution in [0.3, 0.4) is 0 Å². The molecular formula is C13H11O2. The second-order valence-corrected chi connectivity index (χ2v) is 3.23. The highest BCUT2D eigenvalue weighted by Crippen LogP contribution is 2.27. The fraction of sp³-hybridized carbons (Fsp3) is 0.0769. The Hall–Kier alpha value is -1.31. The van der Waals surface area contributed by atoms with Crippen LogP contribution in [0.2, 0.25) is 0 Å².